The van der Waals surface area contributed by atoms with Gasteiger partial charge < -0.3 is 4.42 Å². The molecule has 2 heterocycles. The minimum absolute atomic E-state index is 1.08. The van der Waals surface area contributed by atoms with Crippen LogP contribution >= 0.6 is 0 Å². The molecule has 72 valence electrons. The summed E-state index contributed by atoms with van der Waals surface area (Å²) >= 11 is 0. The molecule has 0 fully saturated rings. The summed E-state index contributed by atoms with van der Waals surface area (Å²) in [6.45, 7) is 0. The highest BCUT2D eigenvalue weighted by molar-refractivity contribution is 6.12. The Morgan fingerprint density at radius 2 is 1.80 bits per heavy atom. The molecule has 2 aromatic heterocycles. The van der Waals surface area contributed by atoms with Crippen LogP contribution in [0.2, 0.25) is 0 Å². The van der Waals surface area contributed by atoms with Crippen LogP contribution in [0.15, 0.2) is 34.8 Å². The molecule has 1 aromatic carbocycles. The van der Waals surface area contributed by atoms with Crippen LogP contribution in [0.3, 0.4) is 0 Å². The number of hydrogen-bond acceptors (Lipinski definition) is 1. The van der Waals surface area contributed by atoms with Gasteiger partial charge in [-0.1, -0.05) is 36.4 Å². The fourth-order valence-electron chi connectivity index (χ4n) is 2.63. The third kappa shape index (κ3) is 0.793. The zero-order valence-electron chi connectivity index (χ0n) is 8.29. The normalized spacial score (nSPS) is 15.2. The van der Waals surface area contributed by atoms with Crippen molar-refractivity contribution < 1.29 is 4.42 Å². The molecule has 0 amide bonds. The van der Waals surface area contributed by atoms with E-state index in [1.807, 2.05) is 0 Å². The van der Waals surface area contributed by atoms with Gasteiger partial charge in [0.2, 0.25) is 0 Å². The number of rotatable bonds is 0. The smallest absolute Gasteiger partial charge is 0.143 e. The molecule has 0 saturated heterocycles. The van der Waals surface area contributed by atoms with Crippen molar-refractivity contribution in [2.75, 3.05) is 0 Å². The molecule has 15 heavy (non-hydrogen) atoms. The summed E-state index contributed by atoms with van der Waals surface area (Å²) < 4.78 is 5.90. The molecular weight excluding hydrogens is 184 g/mol. The van der Waals surface area contributed by atoms with Crippen LogP contribution in [0, 0.1) is 0 Å². The lowest BCUT2D eigenvalue weighted by Crippen LogP contribution is -1.91. The predicted octanol–water partition coefficient (Wildman–Crippen LogP) is 3.98. The maximum atomic E-state index is 5.90. The first-order valence-corrected chi connectivity index (χ1v) is 5.37. The summed E-state index contributed by atoms with van der Waals surface area (Å²) in [4.78, 5) is 0. The van der Waals surface area contributed by atoms with E-state index >= 15 is 0 Å². The summed E-state index contributed by atoms with van der Waals surface area (Å²) in [5, 5.41) is 2.54. The highest BCUT2D eigenvalue weighted by atomic mass is 16.3. The largest absolute Gasteiger partial charge is 0.455 e. The van der Waals surface area contributed by atoms with Gasteiger partial charge in [0, 0.05) is 21.9 Å². The highest BCUT2D eigenvalue weighted by Gasteiger charge is 2.21. The van der Waals surface area contributed by atoms with Crippen molar-refractivity contribution in [3.8, 4) is 0 Å². The summed E-state index contributed by atoms with van der Waals surface area (Å²) in [7, 11) is 0. The van der Waals surface area contributed by atoms with E-state index in [2.05, 4.69) is 36.4 Å². The van der Waals surface area contributed by atoms with E-state index < -0.39 is 0 Å². The van der Waals surface area contributed by atoms with Gasteiger partial charge in [-0.2, -0.15) is 0 Å². The van der Waals surface area contributed by atoms with Crippen LogP contribution in [0.5, 0.6) is 0 Å². The maximum absolute atomic E-state index is 5.90. The van der Waals surface area contributed by atoms with Gasteiger partial charge in [-0.3, -0.25) is 0 Å². The molecule has 0 aliphatic heterocycles. The van der Waals surface area contributed by atoms with Crippen LogP contribution in [-0.4, -0.2) is 0 Å². The first-order valence-electron chi connectivity index (χ1n) is 5.37. The lowest BCUT2D eigenvalue weighted by Gasteiger charge is -2.06. The quantitative estimate of drug-likeness (QED) is 0.527. The minimum atomic E-state index is 1.08. The van der Waals surface area contributed by atoms with Gasteiger partial charge in [0.15, 0.2) is 0 Å². The van der Waals surface area contributed by atoms with Crippen molar-refractivity contribution in [3.05, 3.63) is 41.5 Å². The van der Waals surface area contributed by atoms with Crippen LogP contribution in [0.25, 0.3) is 28.0 Å². The summed E-state index contributed by atoms with van der Waals surface area (Å²) in [6.07, 6.45) is 6.70. The lowest BCUT2D eigenvalue weighted by molar-refractivity contribution is 0.675. The molecule has 1 heteroatoms. The molecule has 1 aliphatic carbocycles. The van der Waals surface area contributed by atoms with Crippen LogP contribution in [-0.2, 0) is 6.42 Å². The average molecular weight is 194 g/mol. The Hall–Kier alpha value is -1.76. The molecule has 1 nitrogen and oxygen atoms in total. The number of aryl methyl sites for hydroxylation is 1. The Bertz CT molecular complexity index is 673. The number of fused-ring (bicyclic) bond motifs is 8. The van der Waals surface area contributed by atoms with Crippen LogP contribution < -0.4 is 0 Å². The van der Waals surface area contributed by atoms with Gasteiger partial charge in [0.25, 0.3) is 0 Å². The Balaban J connectivity index is 2.28. The van der Waals surface area contributed by atoms with Crippen LogP contribution in [0.1, 0.15) is 17.5 Å². The maximum Gasteiger partial charge on any atom is 0.143 e. The summed E-state index contributed by atoms with van der Waals surface area (Å²) in [5.41, 5.74) is 4.91. The van der Waals surface area contributed by atoms with E-state index in [0.29, 0.717) is 0 Å². The Morgan fingerprint density at radius 1 is 1.00 bits per heavy atom. The Kier molecular flexibility index (Phi) is 1.22. The average Bonchev–Trinajstić information content (AvgIpc) is 2.86. The molecular formula is C14H10O. The van der Waals surface area contributed by atoms with E-state index in [1.165, 1.54) is 21.9 Å². The highest BCUT2D eigenvalue weighted by Crippen LogP contribution is 2.41. The lowest BCUT2D eigenvalue weighted by atomic mass is 9.94. The Morgan fingerprint density at radius 3 is 2.67 bits per heavy atom. The van der Waals surface area contributed by atoms with Crippen molar-refractivity contribution in [2.24, 2.45) is 0 Å². The first-order chi connectivity index (χ1) is 7.45. The zero-order valence-corrected chi connectivity index (χ0v) is 8.29. The van der Waals surface area contributed by atoms with Gasteiger partial charge in [-0.05, 0) is 12.8 Å². The third-order valence-electron chi connectivity index (χ3n) is 3.31. The third-order valence-corrected chi connectivity index (χ3v) is 3.31. The fraction of sp³-hybridized carbons (Fsp3) is 0.143. The molecule has 0 saturated carbocycles. The molecule has 0 spiro atoms. The number of furan rings is 2. The molecule has 2 bridgehead atoms. The molecule has 0 atom stereocenters. The summed E-state index contributed by atoms with van der Waals surface area (Å²) in [5.74, 6) is 0. The number of benzene rings is 2. The van der Waals surface area contributed by atoms with Crippen molar-refractivity contribution in [1.82, 2.24) is 0 Å². The van der Waals surface area contributed by atoms with Gasteiger partial charge in [-0.15, -0.1) is 0 Å². The second-order valence-electron chi connectivity index (χ2n) is 4.14. The van der Waals surface area contributed by atoms with Gasteiger partial charge in [0.1, 0.15) is 11.2 Å². The standard InChI is InChI=1S/C14H10O/c1-2-6-10-9(5-1)13-11-7-3-4-8-12(11)14(10)15-13/h1-3,5-7H,4,8H2. The van der Waals surface area contributed by atoms with E-state index in [1.54, 1.807) is 0 Å². The molecule has 4 rings (SSSR count). The number of hydrogen-bond donors (Lipinski definition) is 0. The van der Waals surface area contributed by atoms with E-state index in [-0.39, 0.29) is 0 Å². The molecule has 0 radical (unpaired) electrons. The van der Waals surface area contributed by atoms with Gasteiger partial charge >= 0.3 is 0 Å². The minimum Gasteiger partial charge on any atom is -0.455 e. The van der Waals surface area contributed by atoms with Crippen molar-refractivity contribution >= 4 is 28.0 Å². The number of allylic oxidation sites excluding steroid dienone is 1. The molecule has 1 aliphatic rings. The van der Waals surface area contributed by atoms with Crippen LogP contribution in [0.4, 0.5) is 0 Å². The zero-order chi connectivity index (χ0) is 9.83. The van der Waals surface area contributed by atoms with Crippen molar-refractivity contribution in [1.29, 1.82) is 0 Å². The topological polar surface area (TPSA) is 13.1 Å². The fourth-order valence-corrected chi connectivity index (χ4v) is 2.63. The first kappa shape index (κ1) is 7.52. The molecule has 3 aromatic rings. The van der Waals surface area contributed by atoms with Crippen molar-refractivity contribution in [2.45, 2.75) is 12.8 Å². The second-order valence-corrected chi connectivity index (χ2v) is 4.14. The van der Waals surface area contributed by atoms with Gasteiger partial charge in [-0.25, -0.2) is 0 Å². The summed E-state index contributed by atoms with van der Waals surface area (Å²) in [6, 6.07) is 8.45. The van der Waals surface area contributed by atoms with Crippen molar-refractivity contribution in [3.63, 3.8) is 0 Å². The van der Waals surface area contributed by atoms with E-state index in [4.69, 9.17) is 4.42 Å². The van der Waals surface area contributed by atoms with E-state index in [9.17, 15) is 0 Å². The van der Waals surface area contributed by atoms with E-state index in [0.717, 1.165) is 24.0 Å². The molecule has 0 N–H and O–H groups in total. The van der Waals surface area contributed by atoms with Gasteiger partial charge in [0.05, 0.1) is 0 Å². The predicted molar refractivity (Wildman–Crippen MR) is 62.3 cm³/mol. The Labute approximate surface area is 87.3 Å². The monoisotopic (exact) mass is 194 g/mol. The molecule has 0 unspecified atom stereocenters. The SMILES string of the molecule is C1=Cc2c(c3oc2c2ccccc32)CC1. The second kappa shape index (κ2) is 2.43.